The Kier molecular flexibility index (Phi) is 5.58. The normalized spacial score (nSPS) is 12.7. The van der Waals surface area contributed by atoms with Gasteiger partial charge in [-0.15, -0.1) is 0 Å². The molecule has 0 saturated heterocycles. The minimum Gasteiger partial charge on any atom is -0.419 e. The van der Waals surface area contributed by atoms with Gasteiger partial charge in [0.1, 0.15) is 0 Å². The molecule has 0 aliphatic carbocycles. The molecule has 0 aliphatic heterocycles. The van der Waals surface area contributed by atoms with Crippen LogP contribution in [0.3, 0.4) is 0 Å². The summed E-state index contributed by atoms with van der Waals surface area (Å²) in [4.78, 5) is 4.48. The summed E-state index contributed by atoms with van der Waals surface area (Å²) < 4.78 is 32.1. The van der Waals surface area contributed by atoms with Gasteiger partial charge < -0.3 is 9.73 Å². The second-order valence-corrected chi connectivity index (χ2v) is 8.73. The highest BCUT2D eigenvalue weighted by Crippen LogP contribution is 2.33. The molecule has 2 aromatic carbocycles. The van der Waals surface area contributed by atoms with Crippen LogP contribution in [-0.2, 0) is 9.84 Å². The van der Waals surface area contributed by atoms with Crippen molar-refractivity contribution in [3.8, 4) is 11.5 Å². The molecule has 0 fully saturated rings. The van der Waals surface area contributed by atoms with E-state index in [1.165, 1.54) is 0 Å². The van der Waals surface area contributed by atoms with Gasteiger partial charge in [0.2, 0.25) is 26.6 Å². The maximum atomic E-state index is 13.2. The molecule has 1 N–H and O–H groups in total. The van der Waals surface area contributed by atoms with Gasteiger partial charge >= 0.3 is 0 Å². The average molecular weight is 405 g/mol. The van der Waals surface area contributed by atoms with Crippen LogP contribution >= 0.6 is 11.6 Å². The third-order valence-corrected chi connectivity index (χ3v) is 6.19. The molecule has 1 heterocycles. The molecule has 5 nitrogen and oxygen atoms in total. The molecule has 0 saturated carbocycles. The largest absolute Gasteiger partial charge is 0.419 e. The molecule has 0 bridgehead atoms. The second-order valence-electron chi connectivity index (χ2n) is 6.43. The lowest BCUT2D eigenvalue weighted by atomic mass is 10.2. The van der Waals surface area contributed by atoms with Crippen molar-refractivity contribution in [1.82, 2.24) is 4.98 Å². The molecular formula is C20H21ClN2O3S. The maximum absolute atomic E-state index is 13.2. The number of benzene rings is 2. The van der Waals surface area contributed by atoms with Crippen molar-refractivity contribution in [3.63, 3.8) is 0 Å². The van der Waals surface area contributed by atoms with Crippen LogP contribution in [0.15, 0.2) is 62.9 Å². The van der Waals surface area contributed by atoms with Gasteiger partial charge in [-0.25, -0.2) is 8.42 Å². The molecule has 142 valence electrons. The monoisotopic (exact) mass is 404 g/mol. The number of aryl methyl sites for hydroxylation is 1. The third-order valence-electron chi connectivity index (χ3n) is 4.26. The SMILES string of the molecule is CCC(C)Nc1oc(-c2ccc(Cl)cc2)nc1S(=O)(=O)c1ccc(C)cc1. The summed E-state index contributed by atoms with van der Waals surface area (Å²) in [6, 6.07) is 13.6. The zero-order valence-corrected chi connectivity index (χ0v) is 16.9. The first-order valence-electron chi connectivity index (χ1n) is 8.66. The number of oxazole rings is 1. The summed E-state index contributed by atoms with van der Waals surface area (Å²) in [6.45, 7) is 5.86. The van der Waals surface area contributed by atoms with E-state index < -0.39 is 9.84 Å². The summed E-state index contributed by atoms with van der Waals surface area (Å²) in [6.07, 6.45) is 0.807. The van der Waals surface area contributed by atoms with Gasteiger partial charge in [0.05, 0.1) is 4.90 Å². The van der Waals surface area contributed by atoms with Crippen molar-refractivity contribution in [2.24, 2.45) is 0 Å². The smallest absolute Gasteiger partial charge is 0.234 e. The lowest BCUT2D eigenvalue weighted by molar-refractivity contribution is 0.566. The molecule has 0 aliphatic rings. The van der Waals surface area contributed by atoms with Gasteiger partial charge in [-0.1, -0.05) is 36.2 Å². The molecular weight excluding hydrogens is 384 g/mol. The Labute approximate surface area is 164 Å². The van der Waals surface area contributed by atoms with E-state index >= 15 is 0 Å². The summed E-state index contributed by atoms with van der Waals surface area (Å²) in [5.74, 6) is 0.373. The molecule has 1 atom stereocenters. The van der Waals surface area contributed by atoms with Crippen molar-refractivity contribution < 1.29 is 12.8 Å². The average Bonchev–Trinajstić information content (AvgIpc) is 3.07. The first kappa shape index (κ1) is 19.5. The molecule has 0 radical (unpaired) electrons. The summed E-state index contributed by atoms with van der Waals surface area (Å²) in [5, 5.41) is 3.58. The zero-order chi connectivity index (χ0) is 19.6. The number of nitrogens with zero attached hydrogens (tertiary/aromatic N) is 1. The fraction of sp³-hybridized carbons (Fsp3) is 0.250. The fourth-order valence-electron chi connectivity index (χ4n) is 2.45. The number of sulfone groups is 1. The molecule has 3 rings (SSSR count). The van der Waals surface area contributed by atoms with E-state index in [0.29, 0.717) is 10.6 Å². The topological polar surface area (TPSA) is 72.2 Å². The zero-order valence-electron chi connectivity index (χ0n) is 15.4. The van der Waals surface area contributed by atoms with Gasteiger partial charge in [-0.05, 0) is 56.7 Å². The van der Waals surface area contributed by atoms with Crippen molar-refractivity contribution in [2.45, 2.75) is 43.2 Å². The highest BCUT2D eigenvalue weighted by Gasteiger charge is 2.29. The number of rotatable bonds is 6. The number of halogens is 1. The molecule has 1 aromatic heterocycles. The van der Waals surface area contributed by atoms with Crippen molar-refractivity contribution in [1.29, 1.82) is 0 Å². The number of hydrogen-bond donors (Lipinski definition) is 1. The van der Waals surface area contributed by atoms with E-state index in [-0.39, 0.29) is 27.7 Å². The Morgan fingerprint density at radius 3 is 2.33 bits per heavy atom. The number of hydrogen-bond acceptors (Lipinski definition) is 5. The second kappa shape index (κ2) is 7.74. The molecule has 27 heavy (non-hydrogen) atoms. The van der Waals surface area contributed by atoms with Gasteiger partial charge in [0.25, 0.3) is 0 Å². The van der Waals surface area contributed by atoms with Gasteiger partial charge in [0, 0.05) is 16.6 Å². The standard InChI is InChI=1S/C20H21ClN2O3S/c1-4-14(3)22-19-20(27(24,25)17-11-5-13(2)6-12-17)23-18(26-19)15-7-9-16(21)10-8-15/h5-12,14,22H,4H2,1-3H3. The van der Waals surface area contributed by atoms with Crippen molar-refractivity contribution in [2.75, 3.05) is 5.32 Å². The number of aromatic nitrogens is 1. The summed E-state index contributed by atoms with van der Waals surface area (Å²) in [7, 11) is -3.83. The number of nitrogens with one attached hydrogen (secondary N) is 1. The van der Waals surface area contributed by atoms with E-state index in [1.807, 2.05) is 20.8 Å². The molecule has 0 amide bonds. The van der Waals surface area contributed by atoms with Crippen molar-refractivity contribution >= 4 is 27.3 Å². The van der Waals surface area contributed by atoms with E-state index in [4.69, 9.17) is 16.0 Å². The molecule has 1 unspecified atom stereocenters. The van der Waals surface area contributed by atoms with Crippen LogP contribution in [-0.4, -0.2) is 19.4 Å². The Hall–Kier alpha value is -2.31. The Balaban J connectivity index is 2.11. The van der Waals surface area contributed by atoms with E-state index in [9.17, 15) is 8.42 Å². The van der Waals surface area contributed by atoms with Crippen LogP contribution in [0.2, 0.25) is 5.02 Å². The molecule has 0 spiro atoms. The Bertz CT molecular complexity index is 1030. The van der Waals surface area contributed by atoms with Crippen LogP contribution in [0.4, 0.5) is 5.88 Å². The molecule has 7 heteroatoms. The van der Waals surface area contributed by atoms with Crippen LogP contribution in [0, 0.1) is 6.92 Å². The van der Waals surface area contributed by atoms with Crippen molar-refractivity contribution in [3.05, 3.63) is 59.1 Å². The lowest BCUT2D eigenvalue weighted by Crippen LogP contribution is -2.15. The van der Waals surface area contributed by atoms with E-state index in [1.54, 1.807) is 48.5 Å². The first-order valence-corrected chi connectivity index (χ1v) is 10.5. The summed E-state index contributed by atoms with van der Waals surface area (Å²) in [5.41, 5.74) is 1.63. The highest BCUT2D eigenvalue weighted by molar-refractivity contribution is 7.91. The van der Waals surface area contributed by atoms with Gasteiger partial charge in [-0.3, -0.25) is 0 Å². The van der Waals surface area contributed by atoms with E-state index in [2.05, 4.69) is 10.3 Å². The predicted molar refractivity (Wildman–Crippen MR) is 107 cm³/mol. The Morgan fingerprint density at radius 1 is 1.11 bits per heavy atom. The van der Waals surface area contributed by atoms with E-state index in [0.717, 1.165) is 12.0 Å². The minimum absolute atomic E-state index is 0.0305. The summed E-state index contributed by atoms with van der Waals surface area (Å²) >= 11 is 5.93. The van der Waals surface area contributed by atoms with Crippen LogP contribution in [0.5, 0.6) is 0 Å². The van der Waals surface area contributed by atoms with Crippen LogP contribution in [0.25, 0.3) is 11.5 Å². The Morgan fingerprint density at radius 2 is 1.74 bits per heavy atom. The van der Waals surface area contributed by atoms with Gasteiger partial charge in [-0.2, -0.15) is 4.98 Å². The number of anilines is 1. The fourth-order valence-corrected chi connectivity index (χ4v) is 3.84. The van der Waals surface area contributed by atoms with Crippen LogP contribution < -0.4 is 5.32 Å². The van der Waals surface area contributed by atoms with Gasteiger partial charge in [0.15, 0.2) is 0 Å². The predicted octanol–water partition coefficient (Wildman–Crippen LogP) is 5.35. The highest BCUT2D eigenvalue weighted by atomic mass is 35.5. The lowest BCUT2D eigenvalue weighted by Gasteiger charge is -2.11. The maximum Gasteiger partial charge on any atom is 0.234 e. The van der Waals surface area contributed by atoms with Crippen LogP contribution in [0.1, 0.15) is 25.8 Å². The first-order chi connectivity index (χ1) is 12.8. The quantitative estimate of drug-likeness (QED) is 0.599. The third kappa shape index (κ3) is 4.17. The molecule has 3 aromatic rings. The minimum atomic E-state index is -3.83.